The number of aliphatic hydroxyl groups is 1. The van der Waals surface area contributed by atoms with E-state index in [2.05, 4.69) is 19.2 Å². The number of rotatable bonds is 1. The van der Waals surface area contributed by atoms with Gasteiger partial charge in [-0.05, 0) is 43.9 Å². The fraction of sp³-hybridized carbons (Fsp3) is 1.00. The molecule has 0 aromatic heterocycles. The Morgan fingerprint density at radius 1 is 1.31 bits per heavy atom. The minimum absolute atomic E-state index is 0.389. The van der Waals surface area contributed by atoms with Gasteiger partial charge >= 0.3 is 0 Å². The molecule has 0 spiro atoms. The number of piperidine rings is 1. The van der Waals surface area contributed by atoms with Crippen LogP contribution in [0.4, 0.5) is 0 Å². The normalized spacial score (nSPS) is 50.5. The second-order valence-corrected chi connectivity index (χ2v) is 4.99. The SMILES string of the molecule is CC1CC(CO)C2CCC(C)C2N1. The third-order valence-corrected chi connectivity index (χ3v) is 4.00. The summed E-state index contributed by atoms with van der Waals surface area (Å²) < 4.78 is 0. The first-order valence-electron chi connectivity index (χ1n) is 5.59. The summed E-state index contributed by atoms with van der Waals surface area (Å²) in [5.41, 5.74) is 0. The molecule has 5 atom stereocenters. The number of nitrogens with one attached hydrogen (secondary N) is 1. The van der Waals surface area contributed by atoms with Crippen LogP contribution >= 0.6 is 0 Å². The summed E-state index contributed by atoms with van der Waals surface area (Å²) in [5.74, 6) is 2.11. The molecule has 76 valence electrons. The van der Waals surface area contributed by atoms with Crippen molar-refractivity contribution in [2.45, 2.75) is 45.2 Å². The summed E-state index contributed by atoms with van der Waals surface area (Å²) >= 11 is 0. The van der Waals surface area contributed by atoms with E-state index in [-0.39, 0.29) is 0 Å². The van der Waals surface area contributed by atoms with Gasteiger partial charge in [-0.25, -0.2) is 0 Å². The van der Waals surface area contributed by atoms with Crippen molar-refractivity contribution in [1.29, 1.82) is 0 Å². The zero-order valence-electron chi connectivity index (χ0n) is 8.66. The fourth-order valence-electron chi connectivity index (χ4n) is 3.29. The van der Waals surface area contributed by atoms with Crippen molar-refractivity contribution >= 4 is 0 Å². The van der Waals surface area contributed by atoms with Crippen molar-refractivity contribution in [2.75, 3.05) is 6.61 Å². The Labute approximate surface area is 80.7 Å². The molecule has 1 aliphatic carbocycles. The van der Waals surface area contributed by atoms with Crippen LogP contribution in [0.25, 0.3) is 0 Å². The van der Waals surface area contributed by atoms with Gasteiger partial charge in [-0.1, -0.05) is 6.92 Å². The van der Waals surface area contributed by atoms with Crippen LogP contribution in [0, 0.1) is 17.8 Å². The standard InChI is InChI=1S/C11H21NO/c1-7-3-4-10-9(6-13)5-8(2)12-11(7)10/h7-13H,3-6H2,1-2H3. The van der Waals surface area contributed by atoms with Crippen LogP contribution < -0.4 is 5.32 Å². The highest BCUT2D eigenvalue weighted by Crippen LogP contribution is 2.40. The maximum absolute atomic E-state index is 9.31. The summed E-state index contributed by atoms with van der Waals surface area (Å²) in [6.07, 6.45) is 3.81. The monoisotopic (exact) mass is 183 g/mol. The number of fused-ring (bicyclic) bond motifs is 1. The van der Waals surface area contributed by atoms with Crippen molar-refractivity contribution in [3.05, 3.63) is 0 Å². The van der Waals surface area contributed by atoms with Gasteiger partial charge in [0.15, 0.2) is 0 Å². The van der Waals surface area contributed by atoms with E-state index in [1.807, 2.05) is 0 Å². The maximum atomic E-state index is 9.31. The van der Waals surface area contributed by atoms with Gasteiger partial charge < -0.3 is 10.4 Å². The van der Waals surface area contributed by atoms with Gasteiger partial charge in [0, 0.05) is 18.7 Å². The fourth-order valence-corrected chi connectivity index (χ4v) is 3.29. The van der Waals surface area contributed by atoms with E-state index in [1.165, 1.54) is 12.8 Å². The molecule has 0 aromatic rings. The van der Waals surface area contributed by atoms with E-state index in [9.17, 15) is 5.11 Å². The topological polar surface area (TPSA) is 32.3 Å². The Kier molecular flexibility index (Phi) is 2.61. The minimum atomic E-state index is 0.389. The van der Waals surface area contributed by atoms with Gasteiger partial charge in [0.1, 0.15) is 0 Å². The van der Waals surface area contributed by atoms with E-state index in [0.717, 1.165) is 18.3 Å². The summed E-state index contributed by atoms with van der Waals surface area (Å²) in [6, 6.07) is 1.28. The van der Waals surface area contributed by atoms with Crippen LogP contribution in [0.15, 0.2) is 0 Å². The summed E-state index contributed by atoms with van der Waals surface area (Å²) in [4.78, 5) is 0. The zero-order valence-corrected chi connectivity index (χ0v) is 8.66. The molecule has 13 heavy (non-hydrogen) atoms. The number of hydrogen-bond donors (Lipinski definition) is 2. The van der Waals surface area contributed by atoms with Crippen LogP contribution in [-0.2, 0) is 0 Å². The molecule has 1 aliphatic heterocycles. The molecular weight excluding hydrogens is 162 g/mol. The van der Waals surface area contributed by atoms with Gasteiger partial charge in [-0.15, -0.1) is 0 Å². The Morgan fingerprint density at radius 2 is 2.08 bits per heavy atom. The molecule has 1 heterocycles. The van der Waals surface area contributed by atoms with Crippen molar-refractivity contribution in [3.63, 3.8) is 0 Å². The van der Waals surface area contributed by atoms with Crippen LogP contribution in [0.2, 0.25) is 0 Å². The first-order valence-corrected chi connectivity index (χ1v) is 5.59. The number of aliphatic hydroxyl groups excluding tert-OH is 1. The molecule has 0 radical (unpaired) electrons. The molecule has 2 heteroatoms. The van der Waals surface area contributed by atoms with Gasteiger partial charge in [0.05, 0.1) is 0 Å². The molecule has 2 N–H and O–H groups in total. The van der Waals surface area contributed by atoms with E-state index in [0.29, 0.717) is 24.6 Å². The average Bonchev–Trinajstić information content (AvgIpc) is 2.47. The summed E-state index contributed by atoms with van der Waals surface area (Å²) in [7, 11) is 0. The predicted molar refractivity (Wildman–Crippen MR) is 53.5 cm³/mol. The molecule has 1 saturated heterocycles. The first kappa shape index (κ1) is 9.47. The lowest BCUT2D eigenvalue weighted by molar-refractivity contribution is 0.0989. The van der Waals surface area contributed by atoms with E-state index < -0.39 is 0 Å². The molecule has 2 rings (SSSR count). The van der Waals surface area contributed by atoms with Crippen LogP contribution in [0.3, 0.4) is 0 Å². The largest absolute Gasteiger partial charge is 0.396 e. The molecule has 2 fully saturated rings. The van der Waals surface area contributed by atoms with Gasteiger partial charge in [-0.2, -0.15) is 0 Å². The molecule has 1 saturated carbocycles. The molecule has 2 nitrogen and oxygen atoms in total. The molecule has 0 aromatic carbocycles. The quantitative estimate of drug-likeness (QED) is 0.644. The smallest absolute Gasteiger partial charge is 0.0463 e. The van der Waals surface area contributed by atoms with Crippen LogP contribution in [0.1, 0.15) is 33.1 Å². The highest BCUT2D eigenvalue weighted by Gasteiger charge is 2.41. The Morgan fingerprint density at radius 3 is 2.77 bits per heavy atom. The van der Waals surface area contributed by atoms with E-state index in [4.69, 9.17) is 0 Å². The summed E-state index contributed by atoms with van der Waals surface area (Å²) in [5, 5.41) is 13.0. The average molecular weight is 183 g/mol. The molecule has 2 aliphatic rings. The third kappa shape index (κ3) is 1.62. The Balaban J connectivity index is 2.08. The lowest BCUT2D eigenvalue weighted by Crippen LogP contribution is -2.51. The van der Waals surface area contributed by atoms with Gasteiger partial charge in [-0.3, -0.25) is 0 Å². The highest BCUT2D eigenvalue weighted by molar-refractivity contribution is 4.97. The maximum Gasteiger partial charge on any atom is 0.0463 e. The Hall–Kier alpha value is -0.0800. The summed E-state index contributed by atoms with van der Waals surface area (Å²) in [6.45, 7) is 4.97. The minimum Gasteiger partial charge on any atom is -0.396 e. The second-order valence-electron chi connectivity index (χ2n) is 4.99. The van der Waals surface area contributed by atoms with E-state index in [1.54, 1.807) is 0 Å². The lowest BCUT2D eigenvalue weighted by atomic mass is 9.79. The zero-order chi connectivity index (χ0) is 9.42. The highest BCUT2D eigenvalue weighted by atomic mass is 16.3. The first-order chi connectivity index (χ1) is 6.22. The van der Waals surface area contributed by atoms with Gasteiger partial charge in [0.25, 0.3) is 0 Å². The van der Waals surface area contributed by atoms with Gasteiger partial charge in [0.2, 0.25) is 0 Å². The van der Waals surface area contributed by atoms with E-state index >= 15 is 0 Å². The Bertz CT molecular complexity index is 183. The molecular formula is C11H21NO. The van der Waals surface area contributed by atoms with Crippen LogP contribution in [0.5, 0.6) is 0 Å². The van der Waals surface area contributed by atoms with Crippen molar-refractivity contribution in [1.82, 2.24) is 5.32 Å². The molecule has 0 bridgehead atoms. The number of hydrogen-bond acceptors (Lipinski definition) is 2. The lowest BCUT2D eigenvalue weighted by Gasteiger charge is -2.39. The second kappa shape index (κ2) is 3.58. The van der Waals surface area contributed by atoms with Crippen molar-refractivity contribution < 1.29 is 5.11 Å². The third-order valence-electron chi connectivity index (χ3n) is 4.00. The van der Waals surface area contributed by atoms with Crippen LogP contribution in [-0.4, -0.2) is 23.8 Å². The molecule has 0 amide bonds. The van der Waals surface area contributed by atoms with Crippen molar-refractivity contribution in [3.8, 4) is 0 Å². The molecule has 5 unspecified atom stereocenters. The predicted octanol–water partition coefficient (Wildman–Crippen LogP) is 1.39. The van der Waals surface area contributed by atoms with Crippen molar-refractivity contribution in [2.24, 2.45) is 17.8 Å².